The predicted molar refractivity (Wildman–Crippen MR) is 103 cm³/mol. The monoisotopic (exact) mass is 351 g/mol. The lowest BCUT2D eigenvalue weighted by Crippen LogP contribution is -2.11. The molecule has 0 aliphatic rings. The maximum atomic E-state index is 12.2. The van der Waals surface area contributed by atoms with Gasteiger partial charge in [0.25, 0.3) is 5.91 Å². The minimum absolute atomic E-state index is 0.199. The van der Waals surface area contributed by atoms with Crippen molar-refractivity contribution >= 4 is 34.7 Å². The van der Waals surface area contributed by atoms with Crippen LogP contribution in [0, 0.1) is 0 Å². The third-order valence-electron chi connectivity index (χ3n) is 3.79. The van der Waals surface area contributed by atoms with Crippen molar-refractivity contribution in [1.82, 2.24) is 4.98 Å². The molecule has 0 saturated heterocycles. The summed E-state index contributed by atoms with van der Waals surface area (Å²) in [7, 11) is 0. The summed E-state index contributed by atoms with van der Waals surface area (Å²) in [5.41, 5.74) is 3.44. The van der Waals surface area contributed by atoms with Crippen LogP contribution in [0.25, 0.3) is 0 Å². The molecule has 0 aliphatic carbocycles. The van der Waals surface area contributed by atoms with Gasteiger partial charge in [0.15, 0.2) is 0 Å². The molecule has 25 heavy (non-hydrogen) atoms. The number of hydrogen-bond acceptors (Lipinski definition) is 3. The molecule has 0 radical (unpaired) electrons. The van der Waals surface area contributed by atoms with E-state index in [2.05, 4.69) is 28.6 Å². The highest BCUT2D eigenvalue weighted by molar-refractivity contribution is 6.30. The number of nitrogens with zero attached hydrogens (tertiary/aromatic N) is 1. The van der Waals surface area contributed by atoms with Gasteiger partial charge >= 0.3 is 0 Å². The SMILES string of the molecule is CCc1ccccc1Nc1ccc(NC(=O)c2ccc(Cl)cc2)cn1. The van der Waals surface area contributed by atoms with E-state index >= 15 is 0 Å². The second-order valence-electron chi connectivity index (χ2n) is 5.53. The molecule has 2 N–H and O–H groups in total. The maximum absolute atomic E-state index is 12.2. The number of aromatic nitrogens is 1. The minimum Gasteiger partial charge on any atom is -0.340 e. The van der Waals surface area contributed by atoms with Crippen molar-refractivity contribution in [3.63, 3.8) is 0 Å². The van der Waals surface area contributed by atoms with Crippen molar-refractivity contribution in [3.05, 3.63) is 83.0 Å². The van der Waals surface area contributed by atoms with Crippen LogP contribution in [0.5, 0.6) is 0 Å². The average Bonchev–Trinajstić information content (AvgIpc) is 2.64. The van der Waals surface area contributed by atoms with E-state index in [1.54, 1.807) is 30.5 Å². The van der Waals surface area contributed by atoms with Gasteiger partial charge in [0, 0.05) is 16.3 Å². The van der Waals surface area contributed by atoms with E-state index < -0.39 is 0 Å². The Morgan fingerprint density at radius 1 is 1.04 bits per heavy atom. The molecular formula is C20H18ClN3O. The number of rotatable bonds is 5. The van der Waals surface area contributed by atoms with E-state index in [1.165, 1.54) is 5.56 Å². The van der Waals surface area contributed by atoms with E-state index in [-0.39, 0.29) is 5.91 Å². The fraction of sp³-hybridized carbons (Fsp3) is 0.100. The number of amides is 1. The number of carbonyl (C=O) groups is 1. The summed E-state index contributed by atoms with van der Waals surface area (Å²) in [4.78, 5) is 16.6. The topological polar surface area (TPSA) is 54.0 Å². The van der Waals surface area contributed by atoms with E-state index in [1.807, 2.05) is 30.3 Å². The van der Waals surface area contributed by atoms with Gasteiger partial charge in [-0.1, -0.05) is 36.7 Å². The summed E-state index contributed by atoms with van der Waals surface area (Å²) < 4.78 is 0. The Balaban J connectivity index is 1.68. The van der Waals surface area contributed by atoms with Crippen LogP contribution in [0.2, 0.25) is 5.02 Å². The zero-order valence-corrected chi connectivity index (χ0v) is 14.5. The predicted octanol–water partition coefficient (Wildman–Crippen LogP) is 5.29. The molecule has 0 bridgehead atoms. The third kappa shape index (κ3) is 4.37. The van der Waals surface area contributed by atoms with E-state index in [0.29, 0.717) is 16.3 Å². The van der Waals surface area contributed by atoms with Gasteiger partial charge in [-0.3, -0.25) is 4.79 Å². The fourth-order valence-corrected chi connectivity index (χ4v) is 2.56. The van der Waals surface area contributed by atoms with Gasteiger partial charge in [-0.2, -0.15) is 0 Å². The summed E-state index contributed by atoms with van der Waals surface area (Å²) >= 11 is 5.83. The fourth-order valence-electron chi connectivity index (χ4n) is 2.43. The number of nitrogens with one attached hydrogen (secondary N) is 2. The molecule has 0 atom stereocenters. The molecule has 3 rings (SSSR count). The molecule has 1 amide bonds. The highest BCUT2D eigenvalue weighted by Crippen LogP contribution is 2.21. The lowest BCUT2D eigenvalue weighted by molar-refractivity contribution is 0.102. The number of halogens is 1. The number of hydrogen-bond donors (Lipinski definition) is 2. The number of pyridine rings is 1. The molecule has 5 heteroatoms. The summed E-state index contributed by atoms with van der Waals surface area (Å²) in [5.74, 6) is 0.529. The Kier molecular flexibility index (Phi) is 5.31. The highest BCUT2D eigenvalue weighted by atomic mass is 35.5. The van der Waals surface area contributed by atoms with Crippen molar-refractivity contribution in [3.8, 4) is 0 Å². The second kappa shape index (κ2) is 7.81. The van der Waals surface area contributed by atoms with Crippen LogP contribution in [0.1, 0.15) is 22.8 Å². The molecular weight excluding hydrogens is 334 g/mol. The standard InChI is InChI=1S/C20H18ClN3O/c1-2-14-5-3-4-6-18(14)24-19-12-11-17(13-22-19)23-20(25)15-7-9-16(21)10-8-15/h3-13H,2H2,1H3,(H,22,24)(H,23,25). The second-order valence-corrected chi connectivity index (χ2v) is 5.97. The maximum Gasteiger partial charge on any atom is 0.255 e. The van der Waals surface area contributed by atoms with Crippen molar-refractivity contribution in [2.45, 2.75) is 13.3 Å². The molecule has 1 aromatic heterocycles. The molecule has 0 aliphatic heterocycles. The van der Waals surface area contributed by atoms with Crippen LogP contribution < -0.4 is 10.6 Å². The number of carbonyl (C=O) groups excluding carboxylic acids is 1. The van der Waals surface area contributed by atoms with E-state index in [9.17, 15) is 4.79 Å². The molecule has 0 unspecified atom stereocenters. The van der Waals surface area contributed by atoms with Crippen LogP contribution in [-0.2, 0) is 6.42 Å². The molecule has 2 aromatic carbocycles. The zero-order valence-electron chi connectivity index (χ0n) is 13.8. The molecule has 3 aromatic rings. The Morgan fingerprint density at radius 3 is 2.48 bits per heavy atom. The molecule has 4 nitrogen and oxygen atoms in total. The quantitative estimate of drug-likeness (QED) is 0.656. The molecule has 0 fully saturated rings. The normalized spacial score (nSPS) is 10.3. The van der Waals surface area contributed by atoms with Crippen LogP contribution in [0.3, 0.4) is 0 Å². The van der Waals surface area contributed by atoms with Gasteiger partial charge in [-0.25, -0.2) is 4.98 Å². The first kappa shape index (κ1) is 17.0. The first-order valence-electron chi connectivity index (χ1n) is 8.03. The largest absolute Gasteiger partial charge is 0.340 e. The van der Waals surface area contributed by atoms with Crippen molar-refractivity contribution < 1.29 is 4.79 Å². The Hall–Kier alpha value is -2.85. The van der Waals surface area contributed by atoms with E-state index in [4.69, 9.17) is 11.6 Å². The molecule has 1 heterocycles. The number of anilines is 3. The molecule has 0 saturated carbocycles. The lowest BCUT2D eigenvalue weighted by Gasteiger charge is -2.11. The van der Waals surface area contributed by atoms with Gasteiger partial charge in [-0.15, -0.1) is 0 Å². The third-order valence-corrected chi connectivity index (χ3v) is 4.04. The summed E-state index contributed by atoms with van der Waals surface area (Å²) in [6, 6.07) is 18.5. The Morgan fingerprint density at radius 2 is 1.80 bits per heavy atom. The highest BCUT2D eigenvalue weighted by Gasteiger charge is 2.07. The first-order chi connectivity index (χ1) is 12.2. The van der Waals surface area contributed by atoms with Crippen molar-refractivity contribution in [1.29, 1.82) is 0 Å². The van der Waals surface area contributed by atoms with Crippen molar-refractivity contribution in [2.75, 3.05) is 10.6 Å². The Labute approximate surface area is 151 Å². The van der Waals surface area contributed by atoms with Gasteiger partial charge in [0.1, 0.15) is 5.82 Å². The van der Waals surface area contributed by atoms with Crippen molar-refractivity contribution in [2.24, 2.45) is 0 Å². The number of aryl methyl sites for hydroxylation is 1. The zero-order chi connectivity index (χ0) is 17.6. The van der Waals surface area contributed by atoms with Crippen LogP contribution >= 0.6 is 11.6 Å². The minimum atomic E-state index is -0.199. The van der Waals surface area contributed by atoms with E-state index in [0.717, 1.165) is 17.9 Å². The smallest absolute Gasteiger partial charge is 0.255 e. The van der Waals surface area contributed by atoms with Crippen LogP contribution in [-0.4, -0.2) is 10.9 Å². The first-order valence-corrected chi connectivity index (χ1v) is 8.41. The number of para-hydroxylation sites is 1. The average molecular weight is 352 g/mol. The van der Waals surface area contributed by atoms with Gasteiger partial charge in [-0.05, 0) is 54.4 Å². The van der Waals surface area contributed by atoms with Crippen LogP contribution in [0.15, 0.2) is 66.9 Å². The molecule has 126 valence electrons. The van der Waals surface area contributed by atoms with Gasteiger partial charge in [0.2, 0.25) is 0 Å². The summed E-state index contributed by atoms with van der Waals surface area (Å²) in [6.07, 6.45) is 2.57. The molecule has 0 spiro atoms. The number of benzene rings is 2. The lowest BCUT2D eigenvalue weighted by atomic mass is 10.1. The summed E-state index contributed by atoms with van der Waals surface area (Å²) in [6.45, 7) is 2.11. The Bertz CT molecular complexity index is 861. The summed E-state index contributed by atoms with van der Waals surface area (Å²) in [5, 5.41) is 6.72. The van der Waals surface area contributed by atoms with Crippen LogP contribution in [0.4, 0.5) is 17.2 Å². The van der Waals surface area contributed by atoms with Gasteiger partial charge < -0.3 is 10.6 Å². The van der Waals surface area contributed by atoms with Gasteiger partial charge in [0.05, 0.1) is 11.9 Å².